The summed E-state index contributed by atoms with van der Waals surface area (Å²) in [4.78, 5) is 20.1. The highest BCUT2D eigenvalue weighted by Crippen LogP contribution is 2.45. The quantitative estimate of drug-likeness (QED) is 0.562. The van der Waals surface area contributed by atoms with E-state index in [1.165, 1.54) is 41.9 Å². The molecule has 2 aliphatic heterocycles. The number of hydrogen-bond acceptors (Lipinski definition) is 3. The lowest BCUT2D eigenvalue weighted by Gasteiger charge is -2.44. The maximum atomic E-state index is 13.5. The molecule has 6 nitrogen and oxygen atoms in total. The van der Waals surface area contributed by atoms with Gasteiger partial charge in [-0.15, -0.1) is 0 Å². The molecule has 3 aromatic rings. The topological polar surface area (TPSA) is 63.1 Å². The van der Waals surface area contributed by atoms with Crippen LogP contribution in [0, 0.1) is 5.82 Å². The number of benzene rings is 1. The SMILES string of the molecule is O=C(NC1(c2ccc(F)cc2)CCC1)N1CCC2(CCn3nc(-c4cnc5c(c4)CCCC5)cc32)C1. The number of fused-ring (bicyclic) bond motifs is 3. The van der Waals surface area contributed by atoms with Crippen molar-refractivity contribution in [2.45, 2.75) is 75.3 Å². The van der Waals surface area contributed by atoms with Gasteiger partial charge in [-0.25, -0.2) is 9.18 Å². The van der Waals surface area contributed by atoms with E-state index in [4.69, 9.17) is 10.1 Å². The number of amides is 2. The van der Waals surface area contributed by atoms with Gasteiger partial charge in [0.25, 0.3) is 0 Å². The van der Waals surface area contributed by atoms with Crippen LogP contribution in [0.1, 0.15) is 67.5 Å². The first-order valence-corrected chi connectivity index (χ1v) is 13.4. The Morgan fingerprint density at radius 1 is 0.972 bits per heavy atom. The van der Waals surface area contributed by atoms with Crippen LogP contribution in [0.5, 0.6) is 0 Å². The largest absolute Gasteiger partial charge is 0.328 e. The lowest BCUT2D eigenvalue weighted by Crippen LogP contribution is -2.54. The monoisotopic (exact) mass is 485 g/mol. The summed E-state index contributed by atoms with van der Waals surface area (Å²) in [5, 5.41) is 8.29. The first-order chi connectivity index (χ1) is 17.5. The van der Waals surface area contributed by atoms with E-state index < -0.39 is 0 Å². The third-order valence-electron chi connectivity index (χ3n) is 9.18. The number of carbonyl (C=O) groups is 1. The van der Waals surface area contributed by atoms with E-state index in [0.717, 1.165) is 74.9 Å². The first-order valence-electron chi connectivity index (χ1n) is 13.4. The van der Waals surface area contributed by atoms with Crippen LogP contribution in [0.15, 0.2) is 42.6 Å². The molecule has 4 heterocycles. The molecule has 1 N–H and O–H groups in total. The minimum absolute atomic E-state index is 0.00650. The predicted molar refractivity (Wildman–Crippen MR) is 135 cm³/mol. The smallest absolute Gasteiger partial charge is 0.318 e. The van der Waals surface area contributed by atoms with Crippen LogP contribution in [0.4, 0.5) is 9.18 Å². The standard InChI is InChI=1S/C29H32FN5O/c30-23-8-6-22(7-9-23)29(10-3-11-29)32-27(36)34-14-12-28(19-34)13-15-35-26(28)17-25(33-35)21-16-20-4-1-2-5-24(20)31-18-21/h6-9,16-18H,1-5,10-15,19H2,(H,32,36). The van der Waals surface area contributed by atoms with Crippen LogP contribution in [0.2, 0.25) is 0 Å². The van der Waals surface area contributed by atoms with Gasteiger partial charge < -0.3 is 10.2 Å². The Labute approximate surface area is 210 Å². The summed E-state index contributed by atoms with van der Waals surface area (Å²) in [6.45, 7) is 2.35. The zero-order valence-electron chi connectivity index (χ0n) is 20.6. The second kappa shape index (κ2) is 8.15. The van der Waals surface area contributed by atoms with Crippen LogP contribution in [-0.4, -0.2) is 38.8 Å². The summed E-state index contributed by atoms with van der Waals surface area (Å²) in [5.41, 5.74) is 6.57. The van der Waals surface area contributed by atoms with Gasteiger partial charge in [-0.1, -0.05) is 12.1 Å². The van der Waals surface area contributed by atoms with Crippen LogP contribution in [-0.2, 0) is 30.3 Å². The van der Waals surface area contributed by atoms with E-state index in [-0.39, 0.29) is 22.8 Å². The molecule has 1 saturated carbocycles. The number of urea groups is 1. The van der Waals surface area contributed by atoms with E-state index >= 15 is 0 Å². The molecular formula is C29H32FN5O. The molecule has 2 aliphatic carbocycles. The summed E-state index contributed by atoms with van der Waals surface area (Å²) < 4.78 is 15.6. The minimum atomic E-state index is -0.370. The zero-order valence-corrected chi connectivity index (χ0v) is 20.6. The van der Waals surface area contributed by atoms with Gasteiger partial charge in [-0.2, -0.15) is 5.10 Å². The van der Waals surface area contributed by atoms with E-state index in [0.29, 0.717) is 6.54 Å². The maximum Gasteiger partial charge on any atom is 0.318 e. The fourth-order valence-electron chi connectivity index (χ4n) is 6.86. The zero-order chi connectivity index (χ0) is 24.3. The van der Waals surface area contributed by atoms with Gasteiger partial charge in [0, 0.05) is 48.2 Å². The summed E-state index contributed by atoms with van der Waals surface area (Å²) in [7, 11) is 0. The van der Waals surface area contributed by atoms with Gasteiger partial charge in [0.05, 0.1) is 11.2 Å². The van der Waals surface area contributed by atoms with E-state index in [1.807, 2.05) is 23.2 Å². The molecule has 7 rings (SSSR count). The fraction of sp³-hybridized carbons (Fsp3) is 0.483. The second-order valence-electron chi connectivity index (χ2n) is 11.2. The molecule has 1 atom stereocenters. The number of aromatic nitrogens is 3. The highest BCUT2D eigenvalue weighted by Gasteiger charge is 2.48. The highest BCUT2D eigenvalue weighted by molar-refractivity contribution is 5.76. The molecule has 1 saturated heterocycles. The number of nitrogens with zero attached hydrogens (tertiary/aromatic N) is 4. The molecule has 2 aromatic heterocycles. The van der Waals surface area contributed by atoms with Crippen molar-refractivity contribution in [1.29, 1.82) is 0 Å². The number of carbonyl (C=O) groups excluding carboxylic acids is 1. The van der Waals surface area contributed by atoms with Gasteiger partial charge in [0.15, 0.2) is 0 Å². The summed E-state index contributed by atoms with van der Waals surface area (Å²) in [6, 6.07) is 11.1. The van der Waals surface area contributed by atoms with Crippen molar-refractivity contribution in [1.82, 2.24) is 25.0 Å². The Morgan fingerprint density at radius 2 is 1.78 bits per heavy atom. The van der Waals surface area contributed by atoms with Gasteiger partial charge in [0.2, 0.25) is 0 Å². The van der Waals surface area contributed by atoms with Crippen molar-refractivity contribution < 1.29 is 9.18 Å². The van der Waals surface area contributed by atoms with E-state index in [2.05, 4.69) is 22.1 Å². The number of hydrogen-bond donors (Lipinski definition) is 1. The van der Waals surface area contributed by atoms with Crippen molar-refractivity contribution in [2.75, 3.05) is 13.1 Å². The molecule has 0 bridgehead atoms. The third kappa shape index (κ3) is 3.46. The van der Waals surface area contributed by atoms with Crippen LogP contribution in [0.25, 0.3) is 11.3 Å². The van der Waals surface area contributed by atoms with Crippen LogP contribution >= 0.6 is 0 Å². The normalized spacial score (nSPS) is 23.9. The number of pyridine rings is 1. The lowest BCUT2D eigenvalue weighted by atomic mass is 9.72. The lowest BCUT2D eigenvalue weighted by molar-refractivity contribution is 0.154. The van der Waals surface area contributed by atoms with Gasteiger partial charge in [0.1, 0.15) is 5.82 Å². The summed E-state index contributed by atoms with van der Waals surface area (Å²) in [6.07, 6.45) is 11.5. The number of likely N-dealkylation sites (tertiary alicyclic amines) is 1. The molecule has 36 heavy (non-hydrogen) atoms. The summed E-state index contributed by atoms with van der Waals surface area (Å²) in [5.74, 6) is -0.246. The summed E-state index contributed by atoms with van der Waals surface area (Å²) >= 11 is 0. The Balaban J connectivity index is 1.10. The molecule has 2 fully saturated rings. The maximum absolute atomic E-state index is 13.5. The molecule has 0 radical (unpaired) electrons. The number of rotatable bonds is 3. The van der Waals surface area contributed by atoms with Crippen molar-refractivity contribution in [3.63, 3.8) is 0 Å². The third-order valence-corrected chi connectivity index (χ3v) is 9.18. The number of nitrogens with one attached hydrogen (secondary N) is 1. The highest BCUT2D eigenvalue weighted by atomic mass is 19.1. The molecule has 4 aliphatic rings. The molecule has 7 heteroatoms. The number of aryl methyl sites for hydroxylation is 3. The average molecular weight is 486 g/mol. The molecule has 2 amide bonds. The first kappa shape index (κ1) is 22.0. The Bertz CT molecular complexity index is 1330. The Hall–Kier alpha value is -3.22. The van der Waals surface area contributed by atoms with Gasteiger partial charge in [-0.3, -0.25) is 9.67 Å². The van der Waals surface area contributed by atoms with Crippen LogP contribution in [0.3, 0.4) is 0 Å². The Kier molecular flexibility index (Phi) is 4.98. The van der Waals surface area contributed by atoms with Crippen molar-refractivity contribution in [3.8, 4) is 11.3 Å². The van der Waals surface area contributed by atoms with Gasteiger partial charge >= 0.3 is 6.03 Å². The fourth-order valence-corrected chi connectivity index (χ4v) is 6.86. The van der Waals surface area contributed by atoms with Gasteiger partial charge in [-0.05, 0) is 93.2 Å². The molecule has 1 unspecified atom stereocenters. The number of halogens is 1. The predicted octanol–water partition coefficient (Wildman–Crippen LogP) is 5.10. The van der Waals surface area contributed by atoms with Crippen molar-refractivity contribution in [2.24, 2.45) is 0 Å². The van der Waals surface area contributed by atoms with Crippen molar-refractivity contribution in [3.05, 3.63) is 70.9 Å². The Morgan fingerprint density at radius 3 is 2.58 bits per heavy atom. The average Bonchev–Trinajstić information content (AvgIpc) is 3.58. The van der Waals surface area contributed by atoms with Crippen LogP contribution < -0.4 is 5.32 Å². The molecule has 186 valence electrons. The van der Waals surface area contributed by atoms with E-state index in [1.54, 1.807) is 0 Å². The minimum Gasteiger partial charge on any atom is -0.328 e. The van der Waals surface area contributed by atoms with Crippen molar-refractivity contribution >= 4 is 6.03 Å². The van der Waals surface area contributed by atoms with E-state index in [9.17, 15) is 9.18 Å². The molecule has 1 spiro atoms. The second-order valence-corrected chi connectivity index (χ2v) is 11.2. The molecular weight excluding hydrogens is 453 g/mol. The molecule has 1 aromatic carbocycles.